The lowest BCUT2D eigenvalue weighted by molar-refractivity contribution is -0.121. The number of benzene rings is 5. The molecule has 5 aromatic rings. The van der Waals surface area contributed by atoms with Gasteiger partial charge in [0.15, 0.2) is 17.3 Å². The van der Waals surface area contributed by atoms with E-state index in [2.05, 4.69) is 5.32 Å². The summed E-state index contributed by atoms with van der Waals surface area (Å²) in [6, 6.07) is 37.3. The van der Waals surface area contributed by atoms with Crippen molar-refractivity contribution in [3.63, 3.8) is 0 Å². The van der Waals surface area contributed by atoms with Crippen molar-refractivity contribution in [1.82, 2.24) is 0 Å². The van der Waals surface area contributed by atoms with Crippen molar-refractivity contribution >= 4 is 35.0 Å². The van der Waals surface area contributed by atoms with Crippen molar-refractivity contribution in [2.24, 2.45) is 0 Å². The van der Waals surface area contributed by atoms with E-state index >= 15 is 0 Å². The van der Waals surface area contributed by atoms with Gasteiger partial charge in [-0.2, -0.15) is 0 Å². The van der Waals surface area contributed by atoms with E-state index in [1.54, 1.807) is 115 Å². The van der Waals surface area contributed by atoms with E-state index in [0.29, 0.717) is 33.6 Å². The third kappa shape index (κ3) is 6.91. The first-order valence-corrected chi connectivity index (χ1v) is 13.9. The Balaban J connectivity index is 1.50. The molecule has 0 spiro atoms. The number of anilines is 2. The number of phenols is 1. The number of aromatic hydroxyl groups is 1. The third-order valence-corrected chi connectivity index (χ3v) is 6.94. The van der Waals surface area contributed by atoms with Gasteiger partial charge in [0, 0.05) is 28.6 Å². The number of hydrogen-bond donors (Lipinski definition) is 2. The van der Waals surface area contributed by atoms with E-state index in [-0.39, 0.29) is 17.3 Å². The fraction of sp³-hybridized carbons (Fsp3) is 0.0541. The lowest BCUT2D eigenvalue weighted by Gasteiger charge is -2.30. The van der Waals surface area contributed by atoms with Gasteiger partial charge in [-0.1, -0.05) is 97.1 Å². The molecular formula is C37H30N2O5. The van der Waals surface area contributed by atoms with Crippen LogP contribution in [0.3, 0.4) is 0 Å². The average Bonchev–Trinajstić information content (AvgIpc) is 3.07. The summed E-state index contributed by atoms with van der Waals surface area (Å²) in [5.41, 5.74) is 3.12. The highest BCUT2D eigenvalue weighted by Gasteiger charge is 2.32. The van der Waals surface area contributed by atoms with Gasteiger partial charge in [-0.15, -0.1) is 0 Å². The van der Waals surface area contributed by atoms with Crippen LogP contribution in [0.15, 0.2) is 140 Å². The van der Waals surface area contributed by atoms with Crippen molar-refractivity contribution < 1.29 is 24.2 Å². The summed E-state index contributed by atoms with van der Waals surface area (Å²) in [5.74, 6) is -0.817. The Morgan fingerprint density at radius 2 is 1.39 bits per heavy atom. The van der Waals surface area contributed by atoms with Crippen LogP contribution in [-0.2, 0) is 9.59 Å². The number of ether oxygens (including phenoxy) is 1. The number of carbonyl (C=O) groups excluding carboxylic acids is 3. The Kier molecular flexibility index (Phi) is 9.27. The second-order valence-electron chi connectivity index (χ2n) is 9.89. The van der Waals surface area contributed by atoms with Gasteiger partial charge in [-0.05, 0) is 53.6 Å². The summed E-state index contributed by atoms with van der Waals surface area (Å²) in [7, 11) is 1.45. The summed E-state index contributed by atoms with van der Waals surface area (Å²) in [4.78, 5) is 42.6. The third-order valence-electron chi connectivity index (χ3n) is 6.94. The van der Waals surface area contributed by atoms with E-state index in [0.717, 1.165) is 0 Å². The SMILES string of the molecule is COc1cc(/C=C/C(=O)N(c2ccccc2)C(C(=O)Nc2cccc(C(=O)c3ccccc3)c2)c2ccccc2)ccc1O. The summed E-state index contributed by atoms with van der Waals surface area (Å²) in [6.07, 6.45) is 2.97. The van der Waals surface area contributed by atoms with Crippen LogP contribution in [0.1, 0.15) is 33.1 Å². The molecule has 1 atom stereocenters. The highest BCUT2D eigenvalue weighted by molar-refractivity contribution is 6.12. The molecule has 0 aliphatic carbocycles. The molecule has 7 heteroatoms. The zero-order chi connectivity index (χ0) is 30.9. The molecule has 0 radical (unpaired) electrons. The Morgan fingerprint density at radius 1 is 0.750 bits per heavy atom. The first-order chi connectivity index (χ1) is 21.4. The minimum Gasteiger partial charge on any atom is -0.504 e. The van der Waals surface area contributed by atoms with Gasteiger partial charge in [0.1, 0.15) is 6.04 Å². The van der Waals surface area contributed by atoms with Gasteiger partial charge < -0.3 is 15.2 Å². The monoisotopic (exact) mass is 582 g/mol. The van der Waals surface area contributed by atoms with Crippen molar-refractivity contribution in [1.29, 1.82) is 0 Å². The molecule has 5 rings (SSSR count). The minimum absolute atomic E-state index is 0.0164. The number of hydrogen-bond acceptors (Lipinski definition) is 5. The second-order valence-corrected chi connectivity index (χ2v) is 9.89. The van der Waals surface area contributed by atoms with Gasteiger partial charge in [-0.3, -0.25) is 19.3 Å². The zero-order valence-electron chi connectivity index (χ0n) is 24.0. The minimum atomic E-state index is -1.06. The van der Waals surface area contributed by atoms with E-state index in [1.165, 1.54) is 24.2 Å². The van der Waals surface area contributed by atoms with Crippen LogP contribution in [0, 0.1) is 0 Å². The van der Waals surface area contributed by atoms with Crippen LogP contribution in [0.5, 0.6) is 11.5 Å². The van der Waals surface area contributed by atoms with Crippen LogP contribution in [0.4, 0.5) is 11.4 Å². The second kappa shape index (κ2) is 13.8. The molecule has 0 saturated carbocycles. The van der Waals surface area contributed by atoms with E-state index in [4.69, 9.17) is 4.74 Å². The molecule has 0 bridgehead atoms. The molecule has 0 saturated heterocycles. The average molecular weight is 583 g/mol. The standard InChI is InChI=1S/C37H30N2O5/c1-44-33-24-26(20-22-32(33)40)21-23-34(41)39(31-18-9-4-10-19-31)35(27-12-5-2-6-13-27)37(43)38-30-17-11-16-29(25-30)36(42)28-14-7-3-8-15-28/h2-25,35,40H,1H3,(H,38,43)/b23-21+. The molecule has 0 aliphatic heterocycles. The smallest absolute Gasteiger partial charge is 0.252 e. The fourth-order valence-electron chi connectivity index (χ4n) is 4.80. The number of phenolic OH excluding ortho intramolecular Hbond substituents is 1. The van der Waals surface area contributed by atoms with Crippen LogP contribution < -0.4 is 15.0 Å². The highest BCUT2D eigenvalue weighted by Crippen LogP contribution is 2.31. The maximum Gasteiger partial charge on any atom is 0.252 e. The molecule has 2 N–H and O–H groups in total. The molecule has 0 aromatic heterocycles. The number of para-hydroxylation sites is 1. The van der Waals surface area contributed by atoms with Crippen LogP contribution in [0.25, 0.3) is 6.08 Å². The molecule has 7 nitrogen and oxygen atoms in total. The van der Waals surface area contributed by atoms with E-state index in [9.17, 15) is 19.5 Å². The summed E-state index contributed by atoms with van der Waals surface area (Å²) in [5, 5.41) is 12.9. The zero-order valence-corrected chi connectivity index (χ0v) is 24.0. The van der Waals surface area contributed by atoms with Gasteiger partial charge >= 0.3 is 0 Å². The van der Waals surface area contributed by atoms with Crippen molar-refractivity contribution in [2.45, 2.75) is 6.04 Å². The van der Waals surface area contributed by atoms with E-state index in [1.807, 2.05) is 18.2 Å². The number of ketones is 1. The topological polar surface area (TPSA) is 95.9 Å². The summed E-state index contributed by atoms with van der Waals surface area (Å²) < 4.78 is 5.19. The van der Waals surface area contributed by atoms with Gasteiger partial charge in [0.2, 0.25) is 0 Å². The Hall–Kier alpha value is -5.95. The van der Waals surface area contributed by atoms with Crippen molar-refractivity contribution in [3.8, 4) is 11.5 Å². The number of rotatable bonds is 10. The molecule has 0 aliphatic rings. The molecule has 2 amide bonds. The number of carbonyl (C=O) groups is 3. The van der Waals surface area contributed by atoms with Gasteiger partial charge in [0.25, 0.3) is 11.8 Å². The van der Waals surface area contributed by atoms with Gasteiger partial charge in [-0.25, -0.2) is 0 Å². The Labute approximate surface area is 255 Å². The molecule has 1 unspecified atom stereocenters. The lowest BCUT2D eigenvalue weighted by Crippen LogP contribution is -2.40. The van der Waals surface area contributed by atoms with E-state index < -0.39 is 17.9 Å². The fourth-order valence-corrected chi connectivity index (χ4v) is 4.80. The quantitative estimate of drug-likeness (QED) is 0.136. The van der Waals surface area contributed by atoms with Crippen LogP contribution >= 0.6 is 0 Å². The number of amides is 2. The van der Waals surface area contributed by atoms with Gasteiger partial charge in [0.05, 0.1) is 7.11 Å². The predicted octanol–water partition coefficient (Wildman–Crippen LogP) is 7.06. The van der Waals surface area contributed by atoms with Crippen molar-refractivity contribution in [2.75, 3.05) is 17.3 Å². The maximum atomic E-state index is 14.1. The summed E-state index contributed by atoms with van der Waals surface area (Å²) in [6.45, 7) is 0. The molecule has 5 aromatic carbocycles. The largest absolute Gasteiger partial charge is 0.504 e. The number of nitrogens with zero attached hydrogens (tertiary/aromatic N) is 1. The highest BCUT2D eigenvalue weighted by atomic mass is 16.5. The lowest BCUT2D eigenvalue weighted by atomic mass is 10.0. The maximum absolute atomic E-state index is 14.1. The first kappa shape index (κ1) is 29.5. The predicted molar refractivity (Wildman–Crippen MR) is 172 cm³/mol. The molecule has 218 valence electrons. The molecule has 0 heterocycles. The number of methoxy groups -OCH3 is 1. The Bertz CT molecular complexity index is 1790. The molecule has 0 fully saturated rings. The molecular weight excluding hydrogens is 552 g/mol. The first-order valence-electron chi connectivity index (χ1n) is 13.9. The summed E-state index contributed by atoms with van der Waals surface area (Å²) >= 11 is 0. The van der Waals surface area contributed by atoms with Crippen LogP contribution in [0.2, 0.25) is 0 Å². The van der Waals surface area contributed by atoms with Crippen molar-refractivity contribution in [3.05, 3.63) is 162 Å². The normalized spacial score (nSPS) is 11.5. The van der Waals surface area contributed by atoms with Crippen LogP contribution in [-0.4, -0.2) is 29.8 Å². The molecule has 44 heavy (non-hydrogen) atoms. The Morgan fingerprint density at radius 3 is 2.07 bits per heavy atom. The number of nitrogens with one attached hydrogen (secondary N) is 1.